The first-order chi connectivity index (χ1) is 5.68. The number of rotatable bonds is 3. The molecule has 0 spiro atoms. The Bertz CT molecular complexity index is 273. The van der Waals surface area contributed by atoms with Gasteiger partial charge in [0.15, 0.2) is 0 Å². The van der Waals surface area contributed by atoms with E-state index < -0.39 is 12.6 Å². The second-order valence-corrected chi connectivity index (χ2v) is 3.03. The number of carbonyl (C=O) groups is 1. The van der Waals surface area contributed by atoms with Gasteiger partial charge in [-0.25, -0.2) is 0 Å². The van der Waals surface area contributed by atoms with Gasteiger partial charge in [0.2, 0.25) is 0 Å². The maximum atomic E-state index is 9.99. The van der Waals surface area contributed by atoms with E-state index in [0.717, 1.165) is 4.47 Å². The van der Waals surface area contributed by atoms with E-state index in [2.05, 4.69) is 15.9 Å². The largest absolute Gasteiger partial charge is 1.00 e. The average Bonchev–Trinajstić information content (AvgIpc) is 2.03. The van der Waals surface area contributed by atoms with E-state index in [1.165, 1.54) is 0 Å². The van der Waals surface area contributed by atoms with E-state index in [0.29, 0.717) is 5.75 Å². The van der Waals surface area contributed by atoms with Crippen molar-refractivity contribution < 1.29 is 66.0 Å². The second kappa shape index (κ2) is 6.97. The zero-order valence-corrected chi connectivity index (χ0v) is 11.8. The summed E-state index contributed by atoms with van der Waals surface area (Å²) in [7, 11) is 0. The van der Waals surface area contributed by atoms with E-state index in [9.17, 15) is 9.90 Å². The number of hydrogen-bond donors (Lipinski definition) is 0. The molecule has 64 valence electrons. The summed E-state index contributed by atoms with van der Waals surface area (Å²) in [6, 6.07) is 6.88. The summed E-state index contributed by atoms with van der Waals surface area (Å²) in [6.45, 7) is -0.415. The molecular weight excluding hydrogens is 263 g/mol. The van der Waals surface area contributed by atoms with Gasteiger partial charge in [-0.3, -0.25) is 0 Å². The Balaban J connectivity index is 0.00000144. The van der Waals surface area contributed by atoms with Crippen molar-refractivity contribution in [1.29, 1.82) is 0 Å². The van der Waals surface area contributed by atoms with Crippen LogP contribution in [0.3, 0.4) is 0 Å². The van der Waals surface area contributed by atoms with Crippen LogP contribution in [-0.2, 0) is 4.79 Å². The quantitative estimate of drug-likeness (QED) is 0.574. The first kappa shape index (κ1) is 13.6. The number of aliphatic carboxylic acids is 1. The average molecular weight is 269 g/mol. The fraction of sp³-hybridized carbons (Fsp3) is 0.125. The number of carboxylic acid groups (broad SMARTS) is 1. The summed E-state index contributed by atoms with van der Waals surface area (Å²) < 4.78 is 5.76. The van der Waals surface area contributed by atoms with Crippen LogP contribution in [0.1, 0.15) is 0 Å². The van der Waals surface area contributed by atoms with E-state index in [1.807, 2.05) is 0 Å². The smallest absolute Gasteiger partial charge is 0.546 e. The third kappa shape index (κ3) is 5.82. The minimum Gasteiger partial charge on any atom is -0.546 e. The van der Waals surface area contributed by atoms with Crippen molar-refractivity contribution in [2.75, 3.05) is 6.61 Å². The molecule has 0 saturated carbocycles. The SMILES string of the molecule is O=C([O-])COc1ccc(Br)cc1.[K+]. The molecule has 0 atom stereocenters. The summed E-state index contributed by atoms with van der Waals surface area (Å²) in [6.07, 6.45) is 0. The molecule has 3 nitrogen and oxygen atoms in total. The van der Waals surface area contributed by atoms with Gasteiger partial charge in [-0.2, -0.15) is 0 Å². The van der Waals surface area contributed by atoms with Crippen LogP contribution >= 0.6 is 15.9 Å². The van der Waals surface area contributed by atoms with E-state index >= 15 is 0 Å². The third-order valence-corrected chi connectivity index (χ3v) is 1.70. The number of benzene rings is 1. The van der Waals surface area contributed by atoms with Crippen LogP contribution in [0, 0.1) is 0 Å². The zero-order chi connectivity index (χ0) is 8.97. The molecule has 0 aliphatic heterocycles. The Morgan fingerprint density at radius 1 is 1.38 bits per heavy atom. The number of ether oxygens (including phenoxy) is 1. The molecule has 1 aromatic rings. The molecule has 0 unspecified atom stereocenters. The number of carbonyl (C=O) groups excluding carboxylic acids is 1. The van der Waals surface area contributed by atoms with Crippen molar-refractivity contribution >= 4 is 21.9 Å². The molecule has 0 aromatic heterocycles. The van der Waals surface area contributed by atoms with Crippen LogP contribution in [0.15, 0.2) is 28.7 Å². The molecule has 1 aromatic carbocycles. The van der Waals surface area contributed by atoms with Crippen molar-refractivity contribution in [3.05, 3.63) is 28.7 Å². The fourth-order valence-electron chi connectivity index (χ4n) is 0.673. The number of hydrogen-bond acceptors (Lipinski definition) is 3. The maximum Gasteiger partial charge on any atom is 1.00 e. The Morgan fingerprint density at radius 3 is 2.38 bits per heavy atom. The van der Waals surface area contributed by atoms with Gasteiger partial charge in [0.05, 0.1) is 5.97 Å². The molecule has 0 saturated heterocycles. The topological polar surface area (TPSA) is 49.4 Å². The number of halogens is 1. The Morgan fingerprint density at radius 2 is 1.92 bits per heavy atom. The molecule has 13 heavy (non-hydrogen) atoms. The molecule has 0 aliphatic rings. The molecule has 0 radical (unpaired) electrons. The summed E-state index contributed by atoms with van der Waals surface area (Å²) in [5.74, 6) is -0.708. The van der Waals surface area contributed by atoms with Crippen LogP contribution in [0.4, 0.5) is 0 Å². The molecule has 0 N–H and O–H groups in total. The maximum absolute atomic E-state index is 9.99. The molecule has 0 heterocycles. The Hall–Kier alpha value is 0.606. The van der Waals surface area contributed by atoms with Crippen LogP contribution in [0.25, 0.3) is 0 Å². The molecule has 1 rings (SSSR count). The van der Waals surface area contributed by atoms with E-state index in [1.54, 1.807) is 24.3 Å². The van der Waals surface area contributed by atoms with Gasteiger partial charge in [0.25, 0.3) is 0 Å². The number of carboxylic acids is 1. The third-order valence-electron chi connectivity index (χ3n) is 1.17. The first-order valence-corrected chi connectivity index (χ1v) is 4.06. The summed E-state index contributed by atoms with van der Waals surface area (Å²) in [5.41, 5.74) is 0. The first-order valence-electron chi connectivity index (χ1n) is 3.26. The van der Waals surface area contributed by atoms with Crippen LogP contribution < -0.4 is 61.2 Å². The Kier molecular flexibility index (Phi) is 7.30. The van der Waals surface area contributed by atoms with Crippen molar-refractivity contribution in [3.63, 3.8) is 0 Å². The predicted octanol–water partition coefficient (Wildman–Crippen LogP) is -2.42. The summed E-state index contributed by atoms with van der Waals surface area (Å²) >= 11 is 3.24. The molecule has 0 fully saturated rings. The Labute approximate surface area is 127 Å². The second-order valence-electron chi connectivity index (χ2n) is 2.11. The standard InChI is InChI=1S/C8H7BrO3.K/c9-6-1-3-7(4-2-6)12-5-8(10)11;/h1-4H,5H2,(H,10,11);/q;+1/p-1. The normalized spacial score (nSPS) is 8.69. The van der Waals surface area contributed by atoms with Crippen LogP contribution in [0.2, 0.25) is 0 Å². The van der Waals surface area contributed by atoms with Crippen LogP contribution in [-0.4, -0.2) is 12.6 Å². The van der Waals surface area contributed by atoms with Gasteiger partial charge < -0.3 is 14.6 Å². The molecule has 5 heteroatoms. The van der Waals surface area contributed by atoms with Gasteiger partial charge in [0.1, 0.15) is 12.4 Å². The minimum atomic E-state index is -1.22. The minimum absolute atomic E-state index is 0. The van der Waals surface area contributed by atoms with Crippen LogP contribution in [0.5, 0.6) is 5.75 Å². The summed E-state index contributed by atoms with van der Waals surface area (Å²) in [4.78, 5) is 9.99. The van der Waals surface area contributed by atoms with Gasteiger partial charge in [0, 0.05) is 4.47 Å². The zero-order valence-electron chi connectivity index (χ0n) is 7.12. The van der Waals surface area contributed by atoms with Gasteiger partial charge in [-0.15, -0.1) is 0 Å². The van der Waals surface area contributed by atoms with Crippen molar-refractivity contribution in [2.24, 2.45) is 0 Å². The molecular formula is C8H6BrKO3. The molecule has 0 bridgehead atoms. The summed E-state index contributed by atoms with van der Waals surface area (Å²) in [5, 5.41) is 9.99. The van der Waals surface area contributed by atoms with Crippen molar-refractivity contribution in [1.82, 2.24) is 0 Å². The van der Waals surface area contributed by atoms with E-state index in [4.69, 9.17) is 4.74 Å². The fourth-order valence-corrected chi connectivity index (χ4v) is 0.937. The van der Waals surface area contributed by atoms with Crippen molar-refractivity contribution in [2.45, 2.75) is 0 Å². The predicted molar refractivity (Wildman–Crippen MR) is 44.6 cm³/mol. The van der Waals surface area contributed by atoms with E-state index in [-0.39, 0.29) is 51.4 Å². The molecule has 0 aliphatic carbocycles. The van der Waals surface area contributed by atoms with Crippen molar-refractivity contribution in [3.8, 4) is 5.75 Å². The monoisotopic (exact) mass is 268 g/mol. The van der Waals surface area contributed by atoms with Gasteiger partial charge >= 0.3 is 51.4 Å². The molecule has 0 amide bonds. The van der Waals surface area contributed by atoms with Gasteiger partial charge in [-0.1, -0.05) is 15.9 Å². The van der Waals surface area contributed by atoms with Gasteiger partial charge in [-0.05, 0) is 24.3 Å².